The summed E-state index contributed by atoms with van der Waals surface area (Å²) >= 11 is 0. The fourth-order valence-corrected chi connectivity index (χ4v) is 3.71. The predicted octanol–water partition coefficient (Wildman–Crippen LogP) is 3.86. The third-order valence-corrected chi connectivity index (χ3v) is 6.17. The lowest BCUT2D eigenvalue weighted by atomic mass is 9.93. The van der Waals surface area contributed by atoms with Crippen molar-refractivity contribution >= 4 is 15.9 Å². The first-order valence-corrected chi connectivity index (χ1v) is 10.1. The van der Waals surface area contributed by atoms with Crippen molar-refractivity contribution in [2.75, 3.05) is 14.1 Å². The Hall–Kier alpha value is -2.79. The molecule has 0 N–H and O–H groups in total. The van der Waals surface area contributed by atoms with Crippen molar-refractivity contribution < 1.29 is 35.9 Å². The third-order valence-electron chi connectivity index (χ3n) is 4.36. The van der Waals surface area contributed by atoms with Gasteiger partial charge in [0.05, 0.1) is 11.3 Å². The van der Waals surface area contributed by atoms with Crippen molar-refractivity contribution in [1.82, 2.24) is 4.31 Å². The maximum atomic E-state index is 12.3. The van der Waals surface area contributed by atoms with Crippen LogP contribution in [-0.4, -0.2) is 39.1 Å². The number of ether oxygens (including phenoxy) is 2. The van der Waals surface area contributed by atoms with E-state index < -0.39 is 22.0 Å². The van der Waals surface area contributed by atoms with Gasteiger partial charge in [-0.1, -0.05) is 23.4 Å². The quantitative estimate of drug-likeness (QED) is 0.700. The zero-order valence-electron chi connectivity index (χ0n) is 16.3. The van der Waals surface area contributed by atoms with Gasteiger partial charge >= 0.3 is 6.36 Å². The number of hydrogen-bond donors (Lipinski definition) is 0. The molecule has 2 aromatic rings. The minimum absolute atomic E-state index is 0.0625. The molecule has 1 atom stereocenters. The number of alkyl halides is 3. The molecule has 0 bridgehead atoms. The lowest BCUT2D eigenvalue weighted by Crippen LogP contribution is -2.23. The molecular weight excluding hydrogens is 425 g/mol. The van der Waals surface area contributed by atoms with Gasteiger partial charge in [0, 0.05) is 20.2 Å². The van der Waals surface area contributed by atoms with Gasteiger partial charge in [0.2, 0.25) is 15.9 Å². The van der Waals surface area contributed by atoms with E-state index in [2.05, 4.69) is 9.89 Å². The van der Waals surface area contributed by atoms with Crippen LogP contribution in [0, 0.1) is 0 Å². The van der Waals surface area contributed by atoms with Crippen LogP contribution in [0.2, 0.25) is 0 Å². The monoisotopic (exact) mass is 444 g/mol. The lowest BCUT2D eigenvalue weighted by molar-refractivity contribution is -0.274. The van der Waals surface area contributed by atoms with Gasteiger partial charge in [-0.25, -0.2) is 12.7 Å². The topological polar surface area (TPSA) is 77.4 Å². The lowest BCUT2D eigenvalue weighted by Gasteiger charge is -2.21. The van der Waals surface area contributed by atoms with E-state index in [4.69, 9.17) is 9.57 Å². The van der Waals surface area contributed by atoms with E-state index in [1.807, 2.05) is 0 Å². The first kappa shape index (κ1) is 21.9. The molecule has 2 aromatic carbocycles. The van der Waals surface area contributed by atoms with Gasteiger partial charge in [-0.2, -0.15) is 0 Å². The van der Waals surface area contributed by atoms with E-state index in [0.717, 1.165) is 4.31 Å². The van der Waals surface area contributed by atoms with Crippen LogP contribution in [0.4, 0.5) is 13.2 Å². The molecule has 0 spiro atoms. The van der Waals surface area contributed by atoms with Crippen LogP contribution < -0.4 is 9.47 Å². The molecule has 0 aliphatic carbocycles. The zero-order valence-corrected chi connectivity index (χ0v) is 17.1. The second-order valence-corrected chi connectivity index (χ2v) is 9.07. The Bertz CT molecular complexity index is 1050. The van der Waals surface area contributed by atoms with Gasteiger partial charge < -0.3 is 14.3 Å². The summed E-state index contributed by atoms with van der Waals surface area (Å²) in [5.74, 6) is 0.120. The molecule has 0 saturated heterocycles. The number of halogens is 3. The van der Waals surface area contributed by atoms with Crippen molar-refractivity contribution in [3.63, 3.8) is 0 Å². The van der Waals surface area contributed by atoms with E-state index in [9.17, 15) is 21.6 Å². The molecule has 0 radical (unpaired) electrons. The van der Waals surface area contributed by atoms with Crippen LogP contribution in [-0.2, 0) is 20.5 Å². The molecule has 0 saturated carbocycles. The summed E-state index contributed by atoms with van der Waals surface area (Å²) in [5.41, 5.74) is -0.386. The minimum atomic E-state index is -4.77. The normalized spacial score (nSPS) is 19.4. The second kappa shape index (κ2) is 7.80. The SMILES string of the molecule is CN(C)S(=O)(=O)c1cccc(OC2=NO[C@](C)(c3ccc(OC(F)(F)F)cc3)C2)c1. The van der Waals surface area contributed by atoms with Crippen LogP contribution in [0.5, 0.6) is 11.5 Å². The number of rotatable bonds is 5. The molecule has 7 nitrogen and oxygen atoms in total. The Balaban J connectivity index is 1.71. The molecule has 1 aliphatic heterocycles. The summed E-state index contributed by atoms with van der Waals surface area (Å²) in [7, 11) is -0.776. The van der Waals surface area contributed by atoms with Gasteiger partial charge in [0.1, 0.15) is 11.5 Å². The highest BCUT2D eigenvalue weighted by Gasteiger charge is 2.38. The highest BCUT2D eigenvalue weighted by atomic mass is 32.2. The molecule has 1 aliphatic rings. The van der Waals surface area contributed by atoms with Crippen molar-refractivity contribution in [3.8, 4) is 11.5 Å². The minimum Gasteiger partial charge on any atom is -0.440 e. The van der Waals surface area contributed by atoms with Gasteiger partial charge in [-0.15, -0.1) is 13.2 Å². The Morgan fingerprint density at radius 3 is 2.37 bits per heavy atom. The summed E-state index contributed by atoms with van der Waals surface area (Å²) in [4.78, 5) is 5.52. The first-order chi connectivity index (χ1) is 13.9. The van der Waals surface area contributed by atoms with E-state index in [0.29, 0.717) is 5.56 Å². The maximum absolute atomic E-state index is 12.3. The fraction of sp³-hybridized carbons (Fsp3) is 0.316. The largest absolute Gasteiger partial charge is 0.573 e. The smallest absolute Gasteiger partial charge is 0.440 e. The van der Waals surface area contributed by atoms with Crippen LogP contribution >= 0.6 is 0 Å². The summed E-state index contributed by atoms with van der Waals surface area (Å²) in [6.07, 6.45) is -4.58. The number of nitrogens with zero attached hydrogens (tertiary/aromatic N) is 2. The molecule has 0 amide bonds. The van der Waals surface area contributed by atoms with Gasteiger partial charge in [0.25, 0.3) is 0 Å². The third kappa shape index (κ3) is 4.85. The standard InChI is InChI=1S/C19H19F3N2O5S/c1-18(13-7-9-14(10-8-13)28-19(20,21)22)12-17(23-29-18)27-15-5-4-6-16(11-15)30(25,26)24(2)3/h4-11H,12H2,1-3H3/t18-/m0/s1. The van der Waals surface area contributed by atoms with Crippen LogP contribution in [0.3, 0.4) is 0 Å². The number of hydrogen-bond acceptors (Lipinski definition) is 6. The molecule has 1 heterocycles. The maximum Gasteiger partial charge on any atom is 0.573 e. The number of sulfonamides is 1. The van der Waals surface area contributed by atoms with Gasteiger partial charge in [-0.3, -0.25) is 0 Å². The average Bonchev–Trinajstić information content (AvgIpc) is 3.03. The van der Waals surface area contributed by atoms with Crippen molar-refractivity contribution in [3.05, 3.63) is 54.1 Å². The highest BCUT2D eigenvalue weighted by molar-refractivity contribution is 7.89. The second-order valence-electron chi connectivity index (χ2n) is 6.92. The Kier molecular flexibility index (Phi) is 5.70. The summed E-state index contributed by atoms with van der Waals surface area (Å²) in [5, 5.41) is 3.89. The molecule has 30 heavy (non-hydrogen) atoms. The van der Waals surface area contributed by atoms with Crippen LogP contribution in [0.15, 0.2) is 58.6 Å². The predicted molar refractivity (Wildman–Crippen MR) is 102 cm³/mol. The summed E-state index contributed by atoms with van der Waals surface area (Å²) in [6.45, 7) is 1.71. The van der Waals surface area contributed by atoms with E-state index in [-0.39, 0.29) is 28.7 Å². The van der Waals surface area contributed by atoms with Crippen molar-refractivity contribution in [2.24, 2.45) is 5.16 Å². The molecular formula is C19H19F3N2O5S. The van der Waals surface area contributed by atoms with E-state index >= 15 is 0 Å². The van der Waals surface area contributed by atoms with E-state index in [1.54, 1.807) is 19.1 Å². The molecule has 0 unspecified atom stereocenters. The molecule has 11 heteroatoms. The van der Waals surface area contributed by atoms with Crippen molar-refractivity contribution in [1.29, 1.82) is 0 Å². The number of oxime groups is 1. The van der Waals surface area contributed by atoms with Gasteiger partial charge in [-0.05, 0) is 36.8 Å². The number of benzene rings is 2. The molecule has 3 rings (SSSR count). The Morgan fingerprint density at radius 1 is 1.10 bits per heavy atom. The van der Waals surface area contributed by atoms with Crippen LogP contribution in [0.1, 0.15) is 18.9 Å². The highest BCUT2D eigenvalue weighted by Crippen LogP contribution is 2.36. The molecule has 162 valence electrons. The Labute approximate surface area is 171 Å². The summed E-state index contributed by atoms with van der Waals surface area (Å²) < 4.78 is 72.0. The Morgan fingerprint density at radius 2 is 1.77 bits per heavy atom. The molecule has 0 aromatic heterocycles. The first-order valence-electron chi connectivity index (χ1n) is 8.71. The fourth-order valence-electron chi connectivity index (χ4n) is 2.77. The molecule has 0 fully saturated rings. The van der Waals surface area contributed by atoms with Crippen LogP contribution in [0.25, 0.3) is 0 Å². The average molecular weight is 444 g/mol. The van der Waals surface area contributed by atoms with Crippen molar-refractivity contribution in [2.45, 2.75) is 30.2 Å². The van der Waals surface area contributed by atoms with Gasteiger partial charge in [0.15, 0.2) is 5.60 Å². The zero-order chi connectivity index (χ0) is 22.2. The summed E-state index contributed by atoms with van der Waals surface area (Å²) in [6, 6.07) is 11.2. The van der Waals surface area contributed by atoms with E-state index in [1.165, 1.54) is 50.5 Å².